The number of rotatable bonds is 3. The zero-order valence-corrected chi connectivity index (χ0v) is 11.0. The summed E-state index contributed by atoms with van der Waals surface area (Å²) in [5, 5.41) is 6.20. The minimum Gasteiger partial charge on any atom is -0.396 e. The van der Waals surface area contributed by atoms with Crippen molar-refractivity contribution < 1.29 is 0 Å². The second-order valence-electron chi connectivity index (χ2n) is 3.33. The van der Waals surface area contributed by atoms with Crippen molar-refractivity contribution >= 4 is 38.8 Å². The highest BCUT2D eigenvalue weighted by Crippen LogP contribution is 2.25. The van der Waals surface area contributed by atoms with Gasteiger partial charge in [0.1, 0.15) is 10.8 Å². The molecule has 84 valence electrons. The van der Waals surface area contributed by atoms with E-state index in [0.29, 0.717) is 11.5 Å². The molecule has 0 amide bonds. The quantitative estimate of drug-likeness (QED) is 0.914. The molecule has 0 saturated carbocycles. The summed E-state index contributed by atoms with van der Waals surface area (Å²) in [5.74, 6) is 0.686. The SMILES string of the molecule is CC(Nc1ncc(Br)cc1N)c1nccs1. The molecule has 0 bridgehead atoms. The maximum absolute atomic E-state index is 5.85. The van der Waals surface area contributed by atoms with Crippen LogP contribution in [-0.4, -0.2) is 9.97 Å². The van der Waals surface area contributed by atoms with Crippen molar-refractivity contribution in [2.45, 2.75) is 13.0 Å². The van der Waals surface area contributed by atoms with E-state index in [-0.39, 0.29) is 6.04 Å². The lowest BCUT2D eigenvalue weighted by Gasteiger charge is -2.13. The molecule has 6 heteroatoms. The second kappa shape index (κ2) is 4.80. The molecule has 2 aromatic heterocycles. The van der Waals surface area contributed by atoms with E-state index < -0.39 is 0 Å². The molecule has 4 nitrogen and oxygen atoms in total. The Morgan fingerprint density at radius 2 is 2.31 bits per heavy atom. The topological polar surface area (TPSA) is 63.8 Å². The van der Waals surface area contributed by atoms with Crippen LogP contribution in [0.2, 0.25) is 0 Å². The van der Waals surface area contributed by atoms with Crippen LogP contribution in [0, 0.1) is 0 Å². The first-order chi connectivity index (χ1) is 7.66. The number of pyridine rings is 1. The summed E-state index contributed by atoms with van der Waals surface area (Å²) < 4.78 is 0.873. The third kappa shape index (κ3) is 2.51. The van der Waals surface area contributed by atoms with Gasteiger partial charge >= 0.3 is 0 Å². The molecule has 0 aliphatic carbocycles. The molecule has 0 aliphatic heterocycles. The van der Waals surface area contributed by atoms with Gasteiger partial charge in [-0.15, -0.1) is 11.3 Å². The molecule has 0 saturated heterocycles. The van der Waals surface area contributed by atoms with E-state index in [4.69, 9.17) is 5.73 Å². The fraction of sp³-hybridized carbons (Fsp3) is 0.200. The van der Waals surface area contributed by atoms with Crippen molar-refractivity contribution in [3.63, 3.8) is 0 Å². The van der Waals surface area contributed by atoms with Gasteiger partial charge in [-0.1, -0.05) is 0 Å². The molecule has 1 unspecified atom stereocenters. The molecule has 1 atom stereocenters. The van der Waals surface area contributed by atoms with E-state index in [0.717, 1.165) is 9.48 Å². The normalized spacial score (nSPS) is 12.4. The van der Waals surface area contributed by atoms with Crippen LogP contribution in [-0.2, 0) is 0 Å². The van der Waals surface area contributed by atoms with Crippen LogP contribution in [0.1, 0.15) is 18.0 Å². The molecule has 0 radical (unpaired) electrons. The van der Waals surface area contributed by atoms with Gasteiger partial charge in [0.05, 0.1) is 11.7 Å². The zero-order valence-electron chi connectivity index (χ0n) is 8.64. The summed E-state index contributed by atoms with van der Waals surface area (Å²) in [6.07, 6.45) is 3.50. The van der Waals surface area contributed by atoms with Crippen molar-refractivity contribution in [1.29, 1.82) is 0 Å². The van der Waals surface area contributed by atoms with Gasteiger partial charge in [-0.2, -0.15) is 0 Å². The largest absolute Gasteiger partial charge is 0.396 e. The lowest BCUT2D eigenvalue weighted by Crippen LogP contribution is -2.09. The van der Waals surface area contributed by atoms with Crippen LogP contribution in [0.25, 0.3) is 0 Å². The third-order valence-electron chi connectivity index (χ3n) is 2.06. The van der Waals surface area contributed by atoms with Gasteiger partial charge in [-0.05, 0) is 28.9 Å². The molecule has 16 heavy (non-hydrogen) atoms. The Labute approximate surface area is 106 Å². The van der Waals surface area contributed by atoms with E-state index in [2.05, 4.69) is 31.2 Å². The van der Waals surface area contributed by atoms with Gasteiger partial charge in [-0.3, -0.25) is 0 Å². The van der Waals surface area contributed by atoms with Crippen LogP contribution in [0.3, 0.4) is 0 Å². The first-order valence-electron chi connectivity index (χ1n) is 4.74. The fourth-order valence-corrected chi connectivity index (χ4v) is 2.29. The van der Waals surface area contributed by atoms with Crippen molar-refractivity contribution in [3.8, 4) is 0 Å². The number of hydrogen-bond donors (Lipinski definition) is 2. The van der Waals surface area contributed by atoms with Gasteiger partial charge in [0.2, 0.25) is 0 Å². The molecule has 2 rings (SSSR count). The molecule has 0 fully saturated rings. The molecule has 3 N–H and O–H groups in total. The van der Waals surface area contributed by atoms with Crippen LogP contribution in [0.15, 0.2) is 28.3 Å². The second-order valence-corrected chi connectivity index (χ2v) is 5.17. The monoisotopic (exact) mass is 298 g/mol. The van der Waals surface area contributed by atoms with E-state index in [1.54, 1.807) is 23.7 Å². The number of nitrogens with two attached hydrogens (primary N) is 1. The Morgan fingerprint density at radius 1 is 1.50 bits per heavy atom. The standard InChI is InChI=1S/C10H11BrN4S/c1-6(10-13-2-3-16-10)15-9-8(12)4-7(11)5-14-9/h2-6H,12H2,1H3,(H,14,15). The van der Waals surface area contributed by atoms with Crippen LogP contribution in [0.4, 0.5) is 11.5 Å². The van der Waals surface area contributed by atoms with Gasteiger partial charge in [0, 0.05) is 22.2 Å². The summed E-state index contributed by atoms with van der Waals surface area (Å²) in [6.45, 7) is 2.03. The summed E-state index contributed by atoms with van der Waals surface area (Å²) in [4.78, 5) is 8.46. The number of aromatic nitrogens is 2. The van der Waals surface area contributed by atoms with Crippen molar-refractivity contribution in [3.05, 3.63) is 33.3 Å². The van der Waals surface area contributed by atoms with E-state index in [9.17, 15) is 0 Å². The van der Waals surface area contributed by atoms with E-state index in [1.807, 2.05) is 18.4 Å². The number of nitrogen functional groups attached to an aromatic ring is 1. The molecule has 2 aromatic rings. The number of anilines is 2. The van der Waals surface area contributed by atoms with Gasteiger partial charge in [-0.25, -0.2) is 9.97 Å². The van der Waals surface area contributed by atoms with Crippen molar-refractivity contribution in [2.24, 2.45) is 0 Å². The first-order valence-corrected chi connectivity index (χ1v) is 6.41. The van der Waals surface area contributed by atoms with Crippen molar-refractivity contribution in [1.82, 2.24) is 9.97 Å². The molecule has 0 spiro atoms. The maximum atomic E-state index is 5.85. The van der Waals surface area contributed by atoms with Gasteiger partial charge in [0.15, 0.2) is 0 Å². The highest BCUT2D eigenvalue weighted by molar-refractivity contribution is 9.10. The summed E-state index contributed by atoms with van der Waals surface area (Å²) in [6, 6.07) is 1.93. The minimum atomic E-state index is 0.107. The van der Waals surface area contributed by atoms with E-state index in [1.165, 1.54) is 0 Å². The van der Waals surface area contributed by atoms with Crippen LogP contribution < -0.4 is 11.1 Å². The summed E-state index contributed by atoms with van der Waals surface area (Å²) >= 11 is 4.93. The Morgan fingerprint density at radius 3 is 2.94 bits per heavy atom. The lowest BCUT2D eigenvalue weighted by molar-refractivity contribution is 0.861. The summed E-state index contributed by atoms with van der Waals surface area (Å²) in [5.41, 5.74) is 6.47. The molecule has 2 heterocycles. The predicted molar refractivity (Wildman–Crippen MR) is 70.5 cm³/mol. The zero-order chi connectivity index (χ0) is 11.5. The predicted octanol–water partition coefficient (Wildman–Crippen LogP) is 3.06. The summed E-state index contributed by atoms with van der Waals surface area (Å²) in [7, 11) is 0. The lowest BCUT2D eigenvalue weighted by atomic mass is 10.3. The van der Waals surface area contributed by atoms with Crippen LogP contribution in [0.5, 0.6) is 0 Å². The van der Waals surface area contributed by atoms with Gasteiger partial charge < -0.3 is 11.1 Å². The highest BCUT2D eigenvalue weighted by Gasteiger charge is 2.10. The Bertz CT molecular complexity index is 472. The Hall–Kier alpha value is -1.14. The highest BCUT2D eigenvalue weighted by atomic mass is 79.9. The first kappa shape index (κ1) is 11.3. The number of thiazole rings is 1. The Kier molecular flexibility index (Phi) is 3.40. The van der Waals surface area contributed by atoms with Crippen LogP contribution >= 0.6 is 27.3 Å². The number of halogens is 1. The average molecular weight is 299 g/mol. The number of nitrogens with zero attached hydrogens (tertiary/aromatic N) is 2. The third-order valence-corrected chi connectivity index (χ3v) is 3.45. The molecule has 0 aliphatic rings. The Balaban J connectivity index is 2.15. The van der Waals surface area contributed by atoms with Crippen molar-refractivity contribution in [2.75, 3.05) is 11.1 Å². The van der Waals surface area contributed by atoms with Gasteiger partial charge in [0.25, 0.3) is 0 Å². The smallest absolute Gasteiger partial charge is 0.149 e. The molecule has 0 aromatic carbocycles. The number of hydrogen-bond acceptors (Lipinski definition) is 5. The minimum absolute atomic E-state index is 0.107. The average Bonchev–Trinajstić information content (AvgIpc) is 2.75. The van der Waals surface area contributed by atoms with E-state index >= 15 is 0 Å². The molecular weight excluding hydrogens is 288 g/mol. The molecular formula is C10H11BrN4S. The number of nitrogens with one attached hydrogen (secondary N) is 1. The fourth-order valence-electron chi connectivity index (χ4n) is 1.29. The maximum Gasteiger partial charge on any atom is 0.149 e.